The van der Waals surface area contributed by atoms with Crippen LogP contribution < -0.4 is 5.32 Å². The minimum Gasteiger partial charge on any atom is -0.481 e. The molecule has 1 heterocycles. The molecule has 0 radical (unpaired) electrons. The number of thiophene rings is 1. The number of hydrogen-bond donors (Lipinski definition) is 2. The van der Waals surface area contributed by atoms with E-state index in [1.165, 1.54) is 10.4 Å². The van der Waals surface area contributed by atoms with Gasteiger partial charge in [-0.3, -0.25) is 4.79 Å². The quantitative estimate of drug-likeness (QED) is 0.845. The van der Waals surface area contributed by atoms with E-state index < -0.39 is 5.97 Å². The van der Waals surface area contributed by atoms with Crippen molar-refractivity contribution in [3.8, 4) is 0 Å². The largest absolute Gasteiger partial charge is 0.481 e. The first-order valence-electron chi connectivity index (χ1n) is 6.23. The molecule has 0 aliphatic heterocycles. The van der Waals surface area contributed by atoms with Crippen LogP contribution in [-0.4, -0.2) is 11.1 Å². The standard InChI is InChI=1S/C15H17NO2S/c1-11-7-8-19-14(11)10-16-13-4-2-3-12(9-13)5-6-15(17)18/h2-4,7-9,16H,5-6,10H2,1H3,(H,17,18). The Bertz CT molecular complexity index is 563. The second kappa shape index (κ2) is 6.38. The maximum absolute atomic E-state index is 10.6. The SMILES string of the molecule is Cc1ccsc1CNc1cccc(CCC(=O)O)c1. The highest BCUT2D eigenvalue weighted by Gasteiger charge is 2.02. The van der Waals surface area contributed by atoms with E-state index in [-0.39, 0.29) is 6.42 Å². The Kier molecular flexibility index (Phi) is 4.58. The van der Waals surface area contributed by atoms with E-state index in [0.717, 1.165) is 17.8 Å². The molecule has 2 N–H and O–H groups in total. The van der Waals surface area contributed by atoms with Crippen LogP contribution in [0.5, 0.6) is 0 Å². The number of anilines is 1. The van der Waals surface area contributed by atoms with Crippen LogP contribution in [0.1, 0.15) is 22.4 Å². The second-order valence-electron chi connectivity index (χ2n) is 4.47. The van der Waals surface area contributed by atoms with E-state index in [1.807, 2.05) is 24.3 Å². The average Bonchev–Trinajstić information content (AvgIpc) is 2.80. The van der Waals surface area contributed by atoms with E-state index in [0.29, 0.717) is 6.42 Å². The fraction of sp³-hybridized carbons (Fsp3) is 0.267. The monoisotopic (exact) mass is 275 g/mol. The van der Waals surface area contributed by atoms with Crippen LogP contribution in [0.4, 0.5) is 5.69 Å². The summed E-state index contributed by atoms with van der Waals surface area (Å²) < 4.78 is 0. The van der Waals surface area contributed by atoms with Crippen LogP contribution in [-0.2, 0) is 17.8 Å². The van der Waals surface area contributed by atoms with Crippen molar-refractivity contribution in [1.29, 1.82) is 0 Å². The Hall–Kier alpha value is -1.81. The minimum absolute atomic E-state index is 0.174. The van der Waals surface area contributed by atoms with Crippen molar-refractivity contribution >= 4 is 23.0 Å². The van der Waals surface area contributed by atoms with Crippen molar-refractivity contribution in [3.63, 3.8) is 0 Å². The third-order valence-corrected chi connectivity index (χ3v) is 4.00. The summed E-state index contributed by atoms with van der Waals surface area (Å²) in [7, 11) is 0. The van der Waals surface area contributed by atoms with Gasteiger partial charge in [-0.1, -0.05) is 12.1 Å². The molecule has 4 heteroatoms. The highest BCUT2D eigenvalue weighted by Crippen LogP contribution is 2.18. The lowest BCUT2D eigenvalue weighted by Gasteiger charge is -2.07. The Balaban J connectivity index is 1.95. The molecule has 0 aliphatic carbocycles. The molecule has 0 atom stereocenters. The fourth-order valence-corrected chi connectivity index (χ4v) is 2.70. The van der Waals surface area contributed by atoms with Gasteiger partial charge in [-0.05, 0) is 48.1 Å². The van der Waals surface area contributed by atoms with Crippen LogP contribution in [0, 0.1) is 6.92 Å². The fourth-order valence-electron chi connectivity index (χ4n) is 1.86. The Morgan fingerprint density at radius 3 is 2.89 bits per heavy atom. The number of carboxylic acid groups (broad SMARTS) is 1. The molecule has 2 aromatic rings. The Morgan fingerprint density at radius 1 is 1.37 bits per heavy atom. The van der Waals surface area contributed by atoms with Crippen LogP contribution in [0.3, 0.4) is 0 Å². The third-order valence-electron chi connectivity index (χ3n) is 2.98. The van der Waals surface area contributed by atoms with Crippen LogP contribution in [0.15, 0.2) is 35.7 Å². The molecule has 0 saturated carbocycles. The molecule has 0 spiro atoms. The summed E-state index contributed by atoms with van der Waals surface area (Å²) in [5, 5.41) is 14.2. The van der Waals surface area contributed by atoms with Crippen molar-refractivity contribution in [2.45, 2.75) is 26.3 Å². The molecule has 0 bridgehead atoms. The Labute approximate surface area is 116 Å². The maximum atomic E-state index is 10.6. The molecule has 0 saturated heterocycles. The zero-order valence-corrected chi connectivity index (χ0v) is 11.7. The van der Waals surface area contributed by atoms with Gasteiger partial charge in [0.25, 0.3) is 0 Å². The molecule has 2 rings (SSSR count). The number of carbonyl (C=O) groups is 1. The van der Waals surface area contributed by atoms with Gasteiger partial charge in [0.2, 0.25) is 0 Å². The van der Waals surface area contributed by atoms with Crippen molar-refractivity contribution in [3.05, 3.63) is 51.7 Å². The molecular formula is C15H17NO2S. The van der Waals surface area contributed by atoms with E-state index in [2.05, 4.69) is 23.7 Å². The lowest BCUT2D eigenvalue weighted by molar-refractivity contribution is -0.136. The highest BCUT2D eigenvalue weighted by atomic mass is 32.1. The molecule has 1 aromatic carbocycles. The summed E-state index contributed by atoms with van der Waals surface area (Å²) in [5.41, 5.74) is 3.39. The number of hydrogen-bond acceptors (Lipinski definition) is 3. The molecule has 100 valence electrons. The van der Waals surface area contributed by atoms with Crippen molar-refractivity contribution < 1.29 is 9.90 Å². The zero-order chi connectivity index (χ0) is 13.7. The molecule has 0 unspecified atom stereocenters. The number of aryl methyl sites for hydroxylation is 2. The lowest BCUT2D eigenvalue weighted by Crippen LogP contribution is -2.01. The first kappa shape index (κ1) is 13.6. The van der Waals surface area contributed by atoms with Crippen LogP contribution in [0.25, 0.3) is 0 Å². The summed E-state index contributed by atoms with van der Waals surface area (Å²) in [4.78, 5) is 11.9. The summed E-state index contributed by atoms with van der Waals surface area (Å²) in [6.45, 7) is 2.92. The summed E-state index contributed by atoms with van der Waals surface area (Å²) in [6.07, 6.45) is 0.746. The predicted molar refractivity (Wildman–Crippen MR) is 78.8 cm³/mol. The number of rotatable bonds is 6. The number of benzene rings is 1. The minimum atomic E-state index is -0.757. The number of nitrogens with one attached hydrogen (secondary N) is 1. The van der Waals surface area contributed by atoms with Crippen molar-refractivity contribution in [1.82, 2.24) is 0 Å². The second-order valence-corrected chi connectivity index (χ2v) is 5.48. The van der Waals surface area contributed by atoms with Gasteiger partial charge < -0.3 is 10.4 Å². The van der Waals surface area contributed by atoms with Gasteiger partial charge in [0.1, 0.15) is 0 Å². The molecule has 0 fully saturated rings. The average molecular weight is 275 g/mol. The van der Waals surface area contributed by atoms with Gasteiger partial charge in [0.15, 0.2) is 0 Å². The first-order valence-corrected chi connectivity index (χ1v) is 7.10. The van der Waals surface area contributed by atoms with Crippen molar-refractivity contribution in [2.24, 2.45) is 0 Å². The normalized spacial score (nSPS) is 10.4. The third kappa shape index (κ3) is 4.10. The van der Waals surface area contributed by atoms with Crippen molar-refractivity contribution in [2.75, 3.05) is 5.32 Å². The maximum Gasteiger partial charge on any atom is 0.303 e. The van der Waals surface area contributed by atoms with E-state index in [4.69, 9.17) is 5.11 Å². The first-order chi connectivity index (χ1) is 9.15. The molecule has 3 nitrogen and oxygen atoms in total. The molecule has 19 heavy (non-hydrogen) atoms. The lowest BCUT2D eigenvalue weighted by atomic mass is 10.1. The summed E-state index contributed by atoms with van der Waals surface area (Å²) in [5.74, 6) is -0.757. The zero-order valence-electron chi connectivity index (χ0n) is 10.8. The van der Waals surface area contributed by atoms with Gasteiger partial charge in [0.05, 0.1) is 0 Å². The predicted octanol–water partition coefficient (Wildman–Crippen LogP) is 3.69. The van der Waals surface area contributed by atoms with E-state index in [9.17, 15) is 4.79 Å². The Morgan fingerprint density at radius 2 is 2.21 bits per heavy atom. The van der Waals surface area contributed by atoms with E-state index >= 15 is 0 Å². The highest BCUT2D eigenvalue weighted by molar-refractivity contribution is 7.10. The summed E-state index contributed by atoms with van der Waals surface area (Å²) >= 11 is 1.75. The molecule has 1 aromatic heterocycles. The molecular weight excluding hydrogens is 258 g/mol. The smallest absolute Gasteiger partial charge is 0.303 e. The van der Waals surface area contributed by atoms with Gasteiger partial charge in [0, 0.05) is 23.5 Å². The van der Waals surface area contributed by atoms with Gasteiger partial charge in [-0.25, -0.2) is 0 Å². The van der Waals surface area contributed by atoms with Crippen LogP contribution >= 0.6 is 11.3 Å². The van der Waals surface area contributed by atoms with E-state index in [1.54, 1.807) is 11.3 Å². The summed E-state index contributed by atoms with van der Waals surface area (Å²) in [6, 6.07) is 10.1. The van der Waals surface area contributed by atoms with Gasteiger partial charge in [-0.15, -0.1) is 11.3 Å². The number of carboxylic acids is 1. The van der Waals surface area contributed by atoms with Crippen LogP contribution in [0.2, 0.25) is 0 Å². The molecule has 0 amide bonds. The molecule has 0 aliphatic rings. The topological polar surface area (TPSA) is 49.3 Å². The van der Waals surface area contributed by atoms with Gasteiger partial charge in [-0.2, -0.15) is 0 Å². The van der Waals surface area contributed by atoms with Gasteiger partial charge >= 0.3 is 5.97 Å². The number of aliphatic carboxylic acids is 1.